The van der Waals surface area contributed by atoms with Gasteiger partial charge in [0.2, 0.25) is 0 Å². The zero-order chi connectivity index (χ0) is 18.5. The second kappa shape index (κ2) is 7.78. The third-order valence-electron chi connectivity index (χ3n) is 4.03. The lowest BCUT2D eigenvalue weighted by atomic mass is 10.0. The van der Waals surface area contributed by atoms with Gasteiger partial charge in [0.15, 0.2) is 6.61 Å². The van der Waals surface area contributed by atoms with Gasteiger partial charge in [-0.25, -0.2) is 4.39 Å². The molecule has 0 saturated carbocycles. The number of hydrogen-bond acceptors (Lipinski definition) is 3. The number of benzene rings is 3. The normalized spacial score (nSPS) is 10.5. The van der Waals surface area contributed by atoms with Crippen LogP contribution in [0.25, 0.3) is 10.8 Å². The molecule has 5 heteroatoms. The molecule has 3 rings (SSSR count). The van der Waals surface area contributed by atoms with Gasteiger partial charge in [-0.05, 0) is 41.0 Å². The highest BCUT2D eigenvalue weighted by molar-refractivity contribution is 5.93. The molecular weight excluding hydrogens is 333 g/mol. The first-order chi connectivity index (χ1) is 12.5. The predicted molar refractivity (Wildman–Crippen MR) is 98.4 cm³/mol. The summed E-state index contributed by atoms with van der Waals surface area (Å²) in [6.45, 7) is 1.22. The first-order valence-electron chi connectivity index (χ1n) is 8.21. The number of hydrogen-bond donors (Lipinski definition) is 1. The topological polar surface area (TPSA) is 55.4 Å². The van der Waals surface area contributed by atoms with Crippen LogP contribution in [0.1, 0.15) is 11.1 Å². The van der Waals surface area contributed by atoms with Crippen molar-refractivity contribution in [3.8, 4) is 0 Å². The Bertz CT molecular complexity index is 963. The highest BCUT2D eigenvalue weighted by Gasteiger charge is 2.11. The lowest BCUT2D eigenvalue weighted by Gasteiger charge is -2.09. The number of esters is 1. The van der Waals surface area contributed by atoms with Crippen molar-refractivity contribution >= 4 is 28.3 Å². The Hall–Kier alpha value is -3.21. The van der Waals surface area contributed by atoms with Gasteiger partial charge in [-0.15, -0.1) is 0 Å². The van der Waals surface area contributed by atoms with Crippen LogP contribution >= 0.6 is 0 Å². The maximum Gasteiger partial charge on any atom is 0.310 e. The molecule has 0 aliphatic carbocycles. The molecule has 0 aliphatic rings. The van der Waals surface area contributed by atoms with Crippen LogP contribution < -0.4 is 5.32 Å². The number of fused-ring (bicyclic) bond motifs is 1. The fraction of sp³-hybridized carbons (Fsp3) is 0.143. The van der Waals surface area contributed by atoms with Gasteiger partial charge in [0.05, 0.1) is 6.42 Å². The molecular formula is C21H18FNO3. The van der Waals surface area contributed by atoms with Gasteiger partial charge in [0.1, 0.15) is 5.82 Å². The number of anilines is 1. The molecule has 0 bridgehead atoms. The summed E-state index contributed by atoms with van der Waals surface area (Å²) in [6.07, 6.45) is 0.0772. The molecule has 0 fully saturated rings. The summed E-state index contributed by atoms with van der Waals surface area (Å²) < 4.78 is 18.5. The number of rotatable bonds is 5. The lowest BCUT2D eigenvalue weighted by molar-refractivity contribution is -0.146. The average Bonchev–Trinajstić information content (AvgIpc) is 2.63. The Labute approximate surface area is 150 Å². The Kier molecular flexibility index (Phi) is 5.27. The fourth-order valence-corrected chi connectivity index (χ4v) is 2.67. The third kappa shape index (κ3) is 4.25. The van der Waals surface area contributed by atoms with Crippen LogP contribution in [0.3, 0.4) is 0 Å². The van der Waals surface area contributed by atoms with E-state index in [-0.39, 0.29) is 6.42 Å². The van der Waals surface area contributed by atoms with E-state index in [1.165, 1.54) is 6.07 Å². The van der Waals surface area contributed by atoms with Gasteiger partial charge in [-0.1, -0.05) is 48.5 Å². The summed E-state index contributed by atoms with van der Waals surface area (Å²) in [6, 6.07) is 17.8. The number of ether oxygens (including phenoxy) is 1. The number of nitrogens with one attached hydrogen (secondary N) is 1. The van der Waals surface area contributed by atoms with E-state index in [0.29, 0.717) is 11.3 Å². The Morgan fingerprint density at radius 1 is 1.04 bits per heavy atom. The molecule has 0 saturated heterocycles. The molecule has 0 unspecified atom stereocenters. The van der Waals surface area contributed by atoms with Crippen molar-refractivity contribution in [2.75, 3.05) is 11.9 Å². The van der Waals surface area contributed by atoms with Crippen LogP contribution in [0.15, 0.2) is 60.7 Å². The van der Waals surface area contributed by atoms with Crippen LogP contribution in [0.2, 0.25) is 0 Å². The Balaban J connectivity index is 1.56. The fourth-order valence-electron chi connectivity index (χ4n) is 2.67. The molecule has 1 N–H and O–H groups in total. The highest BCUT2D eigenvalue weighted by atomic mass is 19.1. The monoisotopic (exact) mass is 351 g/mol. The van der Waals surface area contributed by atoms with Crippen molar-refractivity contribution in [2.24, 2.45) is 0 Å². The van der Waals surface area contributed by atoms with E-state index in [1.54, 1.807) is 19.1 Å². The zero-order valence-electron chi connectivity index (χ0n) is 14.3. The average molecular weight is 351 g/mol. The van der Waals surface area contributed by atoms with E-state index in [0.717, 1.165) is 16.3 Å². The molecule has 1 amide bonds. The quantitative estimate of drug-likeness (QED) is 0.707. The van der Waals surface area contributed by atoms with Crippen LogP contribution in [-0.2, 0) is 20.7 Å². The van der Waals surface area contributed by atoms with E-state index in [4.69, 9.17) is 4.74 Å². The van der Waals surface area contributed by atoms with Crippen LogP contribution in [0, 0.1) is 12.7 Å². The molecule has 0 atom stereocenters. The molecule has 132 valence electrons. The largest absolute Gasteiger partial charge is 0.455 e. The first-order valence-corrected chi connectivity index (χ1v) is 8.21. The number of halogens is 1. The minimum absolute atomic E-state index is 0.0772. The lowest BCUT2D eigenvalue weighted by Crippen LogP contribution is -2.21. The number of amides is 1. The molecule has 0 radical (unpaired) electrons. The number of carbonyl (C=O) groups is 2. The number of carbonyl (C=O) groups excluding carboxylic acids is 2. The second-order valence-corrected chi connectivity index (χ2v) is 5.99. The molecule has 3 aromatic rings. The Morgan fingerprint density at radius 3 is 2.62 bits per heavy atom. The van der Waals surface area contributed by atoms with Gasteiger partial charge in [0.25, 0.3) is 5.91 Å². The summed E-state index contributed by atoms with van der Waals surface area (Å²) in [5.74, 6) is -1.41. The smallest absolute Gasteiger partial charge is 0.310 e. The molecule has 0 spiro atoms. The van der Waals surface area contributed by atoms with E-state index < -0.39 is 24.3 Å². The maximum absolute atomic E-state index is 13.5. The minimum Gasteiger partial charge on any atom is -0.455 e. The van der Waals surface area contributed by atoms with Gasteiger partial charge in [-0.2, -0.15) is 0 Å². The molecule has 0 aromatic heterocycles. The zero-order valence-corrected chi connectivity index (χ0v) is 14.3. The number of aryl methyl sites for hydroxylation is 1. The van der Waals surface area contributed by atoms with Gasteiger partial charge in [-0.3, -0.25) is 9.59 Å². The van der Waals surface area contributed by atoms with Crippen molar-refractivity contribution in [3.63, 3.8) is 0 Å². The van der Waals surface area contributed by atoms with Crippen LogP contribution in [-0.4, -0.2) is 18.5 Å². The van der Waals surface area contributed by atoms with E-state index in [9.17, 15) is 14.0 Å². The van der Waals surface area contributed by atoms with E-state index >= 15 is 0 Å². The second-order valence-electron chi connectivity index (χ2n) is 5.99. The van der Waals surface area contributed by atoms with Crippen LogP contribution in [0.5, 0.6) is 0 Å². The Morgan fingerprint density at radius 2 is 1.81 bits per heavy atom. The summed E-state index contributed by atoms with van der Waals surface area (Å²) in [5, 5.41) is 4.52. The van der Waals surface area contributed by atoms with Gasteiger partial charge < -0.3 is 10.1 Å². The third-order valence-corrected chi connectivity index (χ3v) is 4.03. The van der Waals surface area contributed by atoms with E-state index in [1.807, 2.05) is 42.5 Å². The summed E-state index contributed by atoms with van der Waals surface area (Å²) in [5.41, 5.74) is 1.65. The van der Waals surface area contributed by atoms with Gasteiger partial charge >= 0.3 is 5.97 Å². The van der Waals surface area contributed by atoms with Crippen molar-refractivity contribution in [1.82, 2.24) is 0 Å². The molecule has 0 aliphatic heterocycles. The summed E-state index contributed by atoms with van der Waals surface area (Å²) in [4.78, 5) is 23.9. The predicted octanol–water partition coefficient (Wildman–Crippen LogP) is 4.01. The van der Waals surface area contributed by atoms with Crippen molar-refractivity contribution in [2.45, 2.75) is 13.3 Å². The van der Waals surface area contributed by atoms with Gasteiger partial charge in [0, 0.05) is 5.69 Å². The minimum atomic E-state index is -0.514. The molecule has 26 heavy (non-hydrogen) atoms. The van der Waals surface area contributed by atoms with Crippen molar-refractivity contribution in [1.29, 1.82) is 0 Å². The van der Waals surface area contributed by atoms with E-state index in [2.05, 4.69) is 5.32 Å². The van der Waals surface area contributed by atoms with Crippen molar-refractivity contribution < 1.29 is 18.7 Å². The summed E-state index contributed by atoms with van der Waals surface area (Å²) >= 11 is 0. The maximum atomic E-state index is 13.5. The molecule has 0 heterocycles. The molecule has 3 aromatic carbocycles. The van der Waals surface area contributed by atoms with Crippen LogP contribution in [0.4, 0.5) is 10.1 Å². The first kappa shape index (κ1) is 17.6. The SMILES string of the molecule is Cc1ccc(NC(=O)COC(=O)Cc2cccc3ccccc23)cc1F. The standard InChI is InChI=1S/C21H18FNO3/c1-14-9-10-17(12-19(14)22)23-20(24)13-26-21(25)11-16-7-4-6-15-5-2-3-8-18(15)16/h2-10,12H,11,13H2,1H3,(H,23,24). The highest BCUT2D eigenvalue weighted by Crippen LogP contribution is 2.19. The summed E-state index contributed by atoms with van der Waals surface area (Å²) in [7, 11) is 0. The molecule has 4 nitrogen and oxygen atoms in total. The van der Waals surface area contributed by atoms with Crippen molar-refractivity contribution in [3.05, 3.63) is 77.6 Å².